The second kappa shape index (κ2) is 9.62. The lowest BCUT2D eigenvalue weighted by atomic mass is 10.1. The van der Waals surface area contributed by atoms with Crippen molar-refractivity contribution >= 4 is 33.4 Å². The van der Waals surface area contributed by atoms with E-state index in [2.05, 4.69) is 35.5 Å². The Hall–Kier alpha value is -5.16. The van der Waals surface area contributed by atoms with Crippen LogP contribution >= 0.6 is 0 Å². The van der Waals surface area contributed by atoms with Crippen LogP contribution in [0.1, 0.15) is 0 Å². The number of pyridine rings is 3. The maximum absolute atomic E-state index is 14.0. The molecule has 1 aromatic carbocycles. The standard InChI is InChI=1S/C28H23FN8O2/c1-37(2)14-26(39)33-18-6-16(11-30-12-18)23-9-21-25(13-32-23)35-36-28(21)24-10-20-22(34-24)3-4-31-27(20)15-5-17(29)8-19(38)7-15/h3-13,34,38H,14H2,1-2H3,(H,33,39)(H,35,36). The molecule has 39 heavy (non-hydrogen) atoms. The average Bonchev–Trinajstić information content (AvgIpc) is 3.51. The number of aromatic nitrogens is 6. The number of carbonyl (C=O) groups excluding carboxylic acids is 1. The Bertz CT molecular complexity index is 1840. The van der Waals surface area contributed by atoms with Gasteiger partial charge in [0.2, 0.25) is 5.91 Å². The van der Waals surface area contributed by atoms with Gasteiger partial charge in [-0.1, -0.05) is 0 Å². The van der Waals surface area contributed by atoms with Crippen molar-refractivity contribution in [2.75, 3.05) is 26.0 Å². The lowest BCUT2D eigenvalue weighted by molar-refractivity contribution is -0.116. The molecule has 0 radical (unpaired) electrons. The van der Waals surface area contributed by atoms with Crippen LogP contribution in [0.3, 0.4) is 0 Å². The van der Waals surface area contributed by atoms with Crippen LogP contribution in [0.2, 0.25) is 0 Å². The van der Waals surface area contributed by atoms with Crippen LogP contribution in [-0.2, 0) is 4.79 Å². The molecule has 0 spiro atoms. The van der Waals surface area contributed by atoms with Gasteiger partial charge in [0.1, 0.15) is 17.3 Å². The fraction of sp³-hybridized carbons (Fsp3) is 0.107. The number of phenolic OH excluding ortho intramolecular Hbond substituents is 1. The Morgan fingerprint density at radius 2 is 1.82 bits per heavy atom. The van der Waals surface area contributed by atoms with Gasteiger partial charge in [0.05, 0.1) is 47.2 Å². The van der Waals surface area contributed by atoms with E-state index < -0.39 is 5.82 Å². The molecule has 5 aromatic heterocycles. The van der Waals surface area contributed by atoms with Crippen LogP contribution in [0, 0.1) is 5.82 Å². The number of nitrogens with one attached hydrogen (secondary N) is 3. The van der Waals surface area contributed by atoms with Gasteiger partial charge < -0.3 is 20.3 Å². The van der Waals surface area contributed by atoms with Crippen molar-refractivity contribution in [2.45, 2.75) is 0 Å². The Kier molecular flexibility index (Phi) is 5.97. The number of aromatic amines is 2. The van der Waals surface area contributed by atoms with E-state index in [9.17, 15) is 14.3 Å². The van der Waals surface area contributed by atoms with Gasteiger partial charge in [0.15, 0.2) is 0 Å². The van der Waals surface area contributed by atoms with Crippen LogP contribution in [0.4, 0.5) is 10.1 Å². The summed E-state index contributed by atoms with van der Waals surface area (Å²) in [5, 5.41) is 21.9. The number of halogens is 1. The zero-order valence-corrected chi connectivity index (χ0v) is 21.0. The summed E-state index contributed by atoms with van der Waals surface area (Å²) in [6, 6.07) is 11.3. The molecule has 0 aliphatic heterocycles. The topological polar surface area (TPSA) is 136 Å². The van der Waals surface area contributed by atoms with Crippen molar-refractivity contribution in [1.29, 1.82) is 0 Å². The normalized spacial score (nSPS) is 11.5. The van der Waals surface area contributed by atoms with Gasteiger partial charge in [-0.25, -0.2) is 4.39 Å². The van der Waals surface area contributed by atoms with Crippen molar-refractivity contribution in [2.24, 2.45) is 0 Å². The van der Waals surface area contributed by atoms with E-state index in [1.165, 1.54) is 12.1 Å². The SMILES string of the molecule is CN(C)CC(=O)Nc1cncc(-c2cc3c(-c4cc5c(-c6cc(O)cc(F)c6)nccc5[nH]4)n[nH]c3cn2)c1. The third-order valence-corrected chi connectivity index (χ3v) is 6.18. The van der Waals surface area contributed by atoms with Gasteiger partial charge in [0.25, 0.3) is 0 Å². The number of carbonyl (C=O) groups is 1. The molecule has 11 heteroatoms. The third kappa shape index (κ3) is 4.78. The zero-order valence-electron chi connectivity index (χ0n) is 21.0. The number of benzene rings is 1. The second-order valence-electron chi connectivity index (χ2n) is 9.44. The molecule has 0 aliphatic carbocycles. The number of phenols is 1. The maximum Gasteiger partial charge on any atom is 0.238 e. The van der Waals surface area contributed by atoms with Gasteiger partial charge in [-0.2, -0.15) is 5.10 Å². The Morgan fingerprint density at radius 1 is 0.974 bits per heavy atom. The summed E-state index contributed by atoms with van der Waals surface area (Å²) in [6.45, 7) is 0.259. The van der Waals surface area contributed by atoms with E-state index in [1.54, 1.807) is 29.7 Å². The van der Waals surface area contributed by atoms with Crippen LogP contribution in [0.5, 0.6) is 5.75 Å². The molecule has 0 fully saturated rings. The summed E-state index contributed by atoms with van der Waals surface area (Å²) < 4.78 is 14.0. The highest BCUT2D eigenvalue weighted by Gasteiger charge is 2.16. The van der Waals surface area contributed by atoms with Crippen molar-refractivity contribution in [3.05, 3.63) is 73.1 Å². The number of aromatic hydroxyl groups is 1. The molecule has 0 aliphatic rings. The van der Waals surface area contributed by atoms with Crippen LogP contribution in [0.15, 0.2) is 67.3 Å². The number of hydrogen-bond acceptors (Lipinski definition) is 7. The first-order valence-corrected chi connectivity index (χ1v) is 12.1. The number of nitrogens with zero attached hydrogens (tertiary/aromatic N) is 5. The minimum atomic E-state index is -0.547. The van der Waals surface area contributed by atoms with Gasteiger partial charge in [-0.05, 0) is 50.5 Å². The largest absolute Gasteiger partial charge is 0.508 e. The van der Waals surface area contributed by atoms with E-state index >= 15 is 0 Å². The average molecular weight is 523 g/mol. The zero-order chi connectivity index (χ0) is 27.1. The van der Waals surface area contributed by atoms with Crippen molar-refractivity contribution in [3.63, 3.8) is 0 Å². The lowest BCUT2D eigenvalue weighted by Gasteiger charge is -2.10. The lowest BCUT2D eigenvalue weighted by Crippen LogP contribution is -2.27. The Morgan fingerprint density at radius 3 is 2.64 bits per heavy atom. The summed E-state index contributed by atoms with van der Waals surface area (Å²) in [6.07, 6.45) is 6.60. The summed E-state index contributed by atoms with van der Waals surface area (Å²) in [5.41, 5.74) is 5.90. The Labute approximate surface area is 221 Å². The molecular weight excluding hydrogens is 499 g/mol. The van der Waals surface area contributed by atoms with Crippen molar-refractivity contribution in [1.82, 2.24) is 35.0 Å². The fourth-order valence-electron chi connectivity index (χ4n) is 4.54. The summed E-state index contributed by atoms with van der Waals surface area (Å²) in [7, 11) is 3.65. The predicted octanol–water partition coefficient (Wildman–Crippen LogP) is 4.58. The van der Waals surface area contributed by atoms with E-state index in [0.29, 0.717) is 28.3 Å². The van der Waals surface area contributed by atoms with E-state index in [1.807, 2.05) is 38.4 Å². The molecule has 5 heterocycles. The Balaban J connectivity index is 1.39. The number of H-pyrrole nitrogens is 2. The highest BCUT2D eigenvalue weighted by molar-refractivity contribution is 6.00. The highest BCUT2D eigenvalue weighted by atomic mass is 19.1. The molecule has 0 saturated heterocycles. The first-order valence-electron chi connectivity index (χ1n) is 12.1. The quantitative estimate of drug-likeness (QED) is 0.251. The number of anilines is 1. The molecule has 6 rings (SSSR count). The number of rotatable bonds is 6. The number of fused-ring (bicyclic) bond motifs is 2. The first-order chi connectivity index (χ1) is 18.8. The highest BCUT2D eigenvalue weighted by Crippen LogP contribution is 2.35. The van der Waals surface area contributed by atoms with Crippen LogP contribution < -0.4 is 5.32 Å². The molecule has 6 aromatic rings. The van der Waals surface area contributed by atoms with E-state index in [0.717, 1.165) is 39.1 Å². The minimum Gasteiger partial charge on any atom is -0.508 e. The maximum atomic E-state index is 14.0. The number of hydrogen-bond donors (Lipinski definition) is 4. The van der Waals surface area contributed by atoms with Gasteiger partial charge in [-0.15, -0.1) is 0 Å². The fourth-order valence-corrected chi connectivity index (χ4v) is 4.54. The molecule has 194 valence electrons. The molecule has 0 saturated carbocycles. The van der Waals surface area contributed by atoms with Crippen LogP contribution in [0.25, 0.3) is 55.7 Å². The molecular formula is C28H23FN8O2. The first kappa shape index (κ1) is 24.2. The van der Waals surface area contributed by atoms with E-state index in [4.69, 9.17) is 0 Å². The molecule has 0 bridgehead atoms. The molecule has 0 unspecified atom stereocenters. The van der Waals surface area contributed by atoms with E-state index in [-0.39, 0.29) is 18.2 Å². The molecule has 1 amide bonds. The second-order valence-corrected chi connectivity index (χ2v) is 9.44. The summed E-state index contributed by atoms with van der Waals surface area (Å²) in [4.78, 5) is 30.6. The smallest absolute Gasteiger partial charge is 0.238 e. The summed E-state index contributed by atoms with van der Waals surface area (Å²) >= 11 is 0. The number of amides is 1. The number of likely N-dealkylation sites (N-methyl/N-ethyl adjacent to an activating group) is 1. The van der Waals surface area contributed by atoms with Crippen molar-refractivity contribution in [3.8, 4) is 39.7 Å². The molecule has 4 N–H and O–H groups in total. The third-order valence-electron chi connectivity index (χ3n) is 6.18. The van der Waals surface area contributed by atoms with Crippen LogP contribution in [-0.4, -0.2) is 66.7 Å². The van der Waals surface area contributed by atoms with Gasteiger partial charge in [-0.3, -0.25) is 24.8 Å². The van der Waals surface area contributed by atoms with Gasteiger partial charge >= 0.3 is 0 Å². The minimum absolute atomic E-state index is 0.138. The summed E-state index contributed by atoms with van der Waals surface area (Å²) in [5.74, 6) is -0.858. The molecule has 10 nitrogen and oxygen atoms in total. The predicted molar refractivity (Wildman–Crippen MR) is 146 cm³/mol. The van der Waals surface area contributed by atoms with Gasteiger partial charge in [0, 0.05) is 45.9 Å². The van der Waals surface area contributed by atoms with Crippen molar-refractivity contribution < 1.29 is 14.3 Å². The molecule has 0 atom stereocenters. The monoisotopic (exact) mass is 522 g/mol.